The molecule has 0 saturated carbocycles. The Morgan fingerprint density at radius 1 is 0.421 bits per heavy atom. The lowest BCUT2D eigenvalue weighted by atomic mass is 9.34. The summed E-state index contributed by atoms with van der Waals surface area (Å²) < 4.78 is 22.2. The molecule has 0 radical (unpaired) electrons. The van der Waals surface area contributed by atoms with Crippen LogP contribution in [0.3, 0.4) is 0 Å². The summed E-state index contributed by atoms with van der Waals surface area (Å²) in [6.45, 7) is 4.70. The Kier molecular flexibility index (Phi) is 5.99. The fourth-order valence-electron chi connectivity index (χ4n) is 10.1. The lowest BCUT2D eigenvalue weighted by Crippen LogP contribution is -2.59. The average Bonchev–Trinajstić information content (AvgIpc) is 3.57. The van der Waals surface area contributed by atoms with Crippen molar-refractivity contribution >= 4 is 62.0 Å². The topological polar surface area (TPSA) is 35.9 Å². The van der Waals surface area contributed by atoms with Gasteiger partial charge in [0.2, 0.25) is 0 Å². The molecular formula is C51H33BN2O3. The molecular weight excluding hydrogens is 699 g/mol. The first-order chi connectivity index (χ1) is 28.0. The highest BCUT2D eigenvalue weighted by atomic mass is 16.5. The molecule has 0 spiro atoms. The molecule has 268 valence electrons. The molecule has 5 nitrogen and oxygen atoms in total. The largest absolute Gasteiger partial charge is 0.458 e. The number of ether oxygens (including phenoxy) is 3. The van der Waals surface area contributed by atoms with Crippen molar-refractivity contribution in [1.29, 1.82) is 0 Å². The van der Waals surface area contributed by atoms with Gasteiger partial charge in [0.15, 0.2) is 0 Å². The van der Waals surface area contributed by atoms with E-state index in [1.54, 1.807) is 0 Å². The molecule has 0 fully saturated rings. The van der Waals surface area contributed by atoms with Gasteiger partial charge in [0, 0.05) is 44.0 Å². The maximum atomic E-state index is 6.70. The van der Waals surface area contributed by atoms with Gasteiger partial charge in [-0.2, -0.15) is 0 Å². The Bertz CT molecular complexity index is 3140. The summed E-state index contributed by atoms with van der Waals surface area (Å²) in [6.07, 6.45) is 0. The van der Waals surface area contributed by atoms with E-state index in [0.717, 1.165) is 78.9 Å². The molecule has 4 aliphatic rings. The van der Waals surface area contributed by atoms with E-state index in [0.29, 0.717) is 0 Å². The SMILES string of the molecule is CC1(C)c2ccccc2N(c2ccccc2)c2cc3c(cc21)c1ccccc1n3-c1cccc(-c2cc3c4c(c2)Oc2cccc5c2B4c2c(cccc2O3)O5)c1. The molecule has 6 heteroatoms. The van der Waals surface area contributed by atoms with E-state index in [-0.39, 0.29) is 12.1 Å². The second-order valence-electron chi connectivity index (χ2n) is 16.1. The highest BCUT2D eigenvalue weighted by Crippen LogP contribution is 2.54. The van der Waals surface area contributed by atoms with Crippen LogP contribution in [0.5, 0.6) is 34.5 Å². The van der Waals surface area contributed by atoms with Crippen molar-refractivity contribution in [3.63, 3.8) is 0 Å². The van der Waals surface area contributed by atoms with Crippen molar-refractivity contribution in [3.8, 4) is 51.3 Å². The van der Waals surface area contributed by atoms with Gasteiger partial charge < -0.3 is 23.7 Å². The zero-order valence-corrected chi connectivity index (χ0v) is 31.3. The van der Waals surface area contributed by atoms with Crippen LogP contribution in [0.4, 0.5) is 17.1 Å². The highest BCUT2D eigenvalue weighted by Gasteiger charge is 2.46. The number of nitrogens with zero attached hydrogens (tertiary/aromatic N) is 2. The third-order valence-corrected chi connectivity index (χ3v) is 12.7. The van der Waals surface area contributed by atoms with Gasteiger partial charge in [0.1, 0.15) is 34.5 Å². The van der Waals surface area contributed by atoms with Gasteiger partial charge in [-0.25, -0.2) is 0 Å². The van der Waals surface area contributed by atoms with E-state index in [1.165, 1.54) is 38.8 Å². The molecule has 1 aromatic heterocycles. The van der Waals surface area contributed by atoms with E-state index in [2.05, 4.69) is 151 Å². The van der Waals surface area contributed by atoms with Crippen LogP contribution < -0.4 is 35.5 Å². The molecule has 0 amide bonds. The lowest BCUT2D eigenvalue weighted by Gasteiger charge is -2.42. The summed E-state index contributed by atoms with van der Waals surface area (Å²) in [5, 5.41) is 2.47. The van der Waals surface area contributed by atoms with Gasteiger partial charge in [-0.1, -0.05) is 92.7 Å². The zero-order chi connectivity index (χ0) is 37.6. The quantitative estimate of drug-likeness (QED) is 0.170. The molecule has 57 heavy (non-hydrogen) atoms. The predicted molar refractivity (Wildman–Crippen MR) is 231 cm³/mol. The van der Waals surface area contributed by atoms with Crippen LogP contribution in [0.2, 0.25) is 0 Å². The minimum Gasteiger partial charge on any atom is -0.458 e. The Morgan fingerprint density at radius 3 is 1.75 bits per heavy atom. The van der Waals surface area contributed by atoms with Crippen molar-refractivity contribution in [2.75, 3.05) is 4.90 Å². The number of hydrogen-bond acceptors (Lipinski definition) is 4. The van der Waals surface area contributed by atoms with Crippen molar-refractivity contribution in [3.05, 3.63) is 175 Å². The third kappa shape index (κ3) is 4.14. The van der Waals surface area contributed by atoms with E-state index in [1.807, 2.05) is 36.4 Å². The van der Waals surface area contributed by atoms with Crippen LogP contribution in [0.1, 0.15) is 25.0 Å². The molecule has 0 atom stereocenters. The number of fused-ring (bicyclic) bond motifs is 5. The standard InChI is InChI=1S/C51H33BN2O3/c1-51(2)36-18-7-9-20-39(36)53(32-14-4-3-5-15-32)41-29-40-35(28-37(41)51)34-17-6-8-19-38(34)54(40)33-16-10-13-30(25-33)31-26-46-50-47(27-31)57-45-24-12-22-43-49(45)52(50)48-42(55-43)21-11-23-44(48)56-46/h3-29H,1-2H3. The van der Waals surface area contributed by atoms with E-state index >= 15 is 0 Å². The molecule has 5 heterocycles. The smallest absolute Gasteiger partial charge is 0.270 e. The molecule has 0 unspecified atom stereocenters. The van der Waals surface area contributed by atoms with Gasteiger partial charge in [0.25, 0.3) is 6.71 Å². The van der Waals surface area contributed by atoms with Gasteiger partial charge in [-0.05, 0) is 107 Å². The number of para-hydroxylation sites is 3. The molecule has 0 saturated heterocycles. The Hall–Kier alpha value is -7.18. The van der Waals surface area contributed by atoms with Crippen molar-refractivity contribution < 1.29 is 14.2 Å². The van der Waals surface area contributed by atoms with Crippen LogP contribution in [-0.4, -0.2) is 11.3 Å². The van der Waals surface area contributed by atoms with Crippen LogP contribution in [0, 0.1) is 0 Å². The van der Waals surface area contributed by atoms with Crippen molar-refractivity contribution in [2.45, 2.75) is 19.3 Å². The Labute approximate surface area is 330 Å². The summed E-state index contributed by atoms with van der Waals surface area (Å²) in [5.41, 5.74) is 14.7. The summed E-state index contributed by atoms with van der Waals surface area (Å²) in [6, 6.07) is 58.6. The van der Waals surface area contributed by atoms with Gasteiger partial charge in [-0.15, -0.1) is 0 Å². The van der Waals surface area contributed by atoms with E-state index < -0.39 is 0 Å². The summed E-state index contributed by atoms with van der Waals surface area (Å²) in [5.74, 6) is 4.96. The van der Waals surface area contributed by atoms with E-state index in [9.17, 15) is 0 Å². The van der Waals surface area contributed by atoms with Crippen LogP contribution in [-0.2, 0) is 5.41 Å². The first kappa shape index (κ1) is 31.1. The van der Waals surface area contributed by atoms with Crippen molar-refractivity contribution in [1.82, 2.24) is 4.57 Å². The number of benzene rings is 8. The maximum Gasteiger partial charge on any atom is 0.270 e. The first-order valence-electron chi connectivity index (χ1n) is 19.6. The predicted octanol–water partition coefficient (Wildman–Crippen LogP) is 11.4. The van der Waals surface area contributed by atoms with E-state index in [4.69, 9.17) is 14.2 Å². The summed E-state index contributed by atoms with van der Waals surface area (Å²) in [7, 11) is 0. The number of rotatable bonds is 3. The average molecular weight is 733 g/mol. The van der Waals surface area contributed by atoms with Gasteiger partial charge in [0.05, 0.1) is 22.4 Å². The van der Waals surface area contributed by atoms with Gasteiger partial charge >= 0.3 is 0 Å². The fraction of sp³-hybridized carbons (Fsp3) is 0.0588. The summed E-state index contributed by atoms with van der Waals surface area (Å²) >= 11 is 0. The van der Waals surface area contributed by atoms with Crippen LogP contribution in [0.15, 0.2) is 164 Å². The van der Waals surface area contributed by atoms with Gasteiger partial charge in [-0.3, -0.25) is 0 Å². The van der Waals surface area contributed by atoms with Crippen molar-refractivity contribution in [2.24, 2.45) is 0 Å². The Balaban J connectivity index is 1.01. The molecule has 13 rings (SSSR count). The molecule has 8 aromatic carbocycles. The number of aromatic nitrogens is 1. The molecule has 4 aliphatic heterocycles. The minimum absolute atomic E-state index is 0.0139. The number of anilines is 3. The maximum absolute atomic E-state index is 6.70. The normalized spacial score (nSPS) is 14.6. The Morgan fingerprint density at radius 2 is 1.02 bits per heavy atom. The molecule has 9 aromatic rings. The minimum atomic E-state index is -0.208. The zero-order valence-electron chi connectivity index (χ0n) is 31.3. The first-order valence-corrected chi connectivity index (χ1v) is 19.6. The highest BCUT2D eigenvalue weighted by molar-refractivity contribution is 6.99. The fourth-order valence-corrected chi connectivity index (χ4v) is 10.1. The second-order valence-corrected chi connectivity index (χ2v) is 16.1. The number of hydrogen-bond donors (Lipinski definition) is 0. The lowest BCUT2D eigenvalue weighted by molar-refractivity contribution is 0.443. The van der Waals surface area contributed by atoms with Crippen LogP contribution >= 0.6 is 0 Å². The van der Waals surface area contributed by atoms with Crippen LogP contribution in [0.25, 0.3) is 38.6 Å². The monoisotopic (exact) mass is 732 g/mol. The third-order valence-electron chi connectivity index (χ3n) is 12.7. The molecule has 0 aliphatic carbocycles. The molecule has 0 N–H and O–H groups in total. The molecule has 0 bridgehead atoms. The second kappa shape index (κ2) is 11.0. The summed E-state index contributed by atoms with van der Waals surface area (Å²) in [4.78, 5) is 2.44.